The maximum Gasteiger partial charge on any atom is 0.270 e. The number of hydrogen-bond donors (Lipinski definition) is 0. The topological polar surface area (TPSA) is 77.3 Å². The van der Waals surface area contributed by atoms with Crippen LogP contribution < -0.4 is 0 Å². The second-order valence-electron chi connectivity index (χ2n) is 2.69. The molecule has 0 unspecified atom stereocenters. The monoisotopic (exact) mass is 193 g/mol. The lowest BCUT2D eigenvalue weighted by molar-refractivity contribution is -0.384. The summed E-state index contributed by atoms with van der Waals surface area (Å²) in [5, 5.41) is 10.4. The van der Waals surface area contributed by atoms with Gasteiger partial charge in [0.05, 0.1) is 4.92 Å². The summed E-state index contributed by atoms with van der Waals surface area (Å²) in [5.74, 6) is -1.35. The van der Waals surface area contributed by atoms with E-state index in [9.17, 15) is 19.7 Å². The fourth-order valence-electron chi connectivity index (χ4n) is 0.964. The lowest BCUT2D eigenvalue weighted by atomic mass is 10.1. The molecule has 0 bridgehead atoms. The lowest BCUT2D eigenvalue weighted by Gasteiger charge is -1.95. The summed E-state index contributed by atoms with van der Waals surface area (Å²) in [4.78, 5) is 31.6. The number of nitro groups is 1. The van der Waals surface area contributed by atoms with Gasteiger partial charge in [-0.05, 0) is 0 Å². The summed E-state index contributed by atoms with van der Waals surface area (Å²) in [6.45, 7) is 1.13. The van der Waals surface area contributed by atoms with E-state index in [4.69, 9.17) is 0 Å². The summed E-state index contributed by atoms with van der Waals surface area (Å²) >= 11 is 0. The Morgan fingerprint density at radius 1 is 1.36 bits per heavy atom. The van der Waals surface area contributed by atoms with Gasteiger partial charge in [-0.25, -0.2) is 0 Å². The molecule has 0 amide bonds. The van der Waals surface area contributed by atoms with E-state index in [1.807, 2.05) is 0 Å². The minimum atomic E-state index is -0.714. The van der Waals surface area contributed by atoms with Crippen molar-refractivity contribution in [2.24, 2.45) is 0 Å². The average molecular weight is 193 g/mol. The van der Waals surface area contributed by atoms with Gasteiger partial charge in [0.2, 0.25) is 5.78 Å². The quantitative estimate of drug-likeness (QED) is 0.314. The van der Waals surface area contributed by atoms with Crippen LogP contribution in [0.1, 0.15) is 17.3 Å². The van der Waals surface area contributed by atoms with Crippen molar-refractivity contribution in [3.63, 3.8) is 0 Å². The molecule has 0 saturated heterocycles. The van der Waals surface area contributed by atoms with E-state index in [2.05, 4.69) is 0 Å². The molecular formula is C9H7NO4. The van der Waals surface area contributed by atoms with Crippen LogP contribution in [0.4, 0.5) is 5.69 Å². The third kappa shape index (κ3) is 2.01. The first-order chi connectivity index (χ1) is 6.52. The molecule has 0 N–H and O–H groups in total. The molecule has 1 rings (SSSR count). The van der Waals surface area contributed by atoms with E-state index in [0.717, 1.165) is 13.0 Å². The molecule has 0 aliphatic rings. The first kappa shape index (κ1) is 10.0. The van der Waals surface area contributed by atoms with Gasteiger partial charge in [0.1, 0.15) is 0 Å². The molecular weight excluding hydrogens is 186 g/mol. The summed E-state index contributed by atoms with van der Waals surface area (Å²) < 4.78 is 0. The number of benzene rings is 1. The van der Waals surface area contributed by atoms with Crippen LogP contribution in [0.25, 0.3) is 0 Å². The first-order valence-corrected chi connectivity index (χ1v) is 3.82. The maximum atomic E-state index is 11.1. The van der Waals surface area contributed by atoms with Gasteiger partial charge in [-0.15, -0.1) is 0 Å². The van der Waals surface area contributed by atoms with Crippen molar-refractivity contribution in [2.75, 3.05) is 0 Å². The number of carbonyl (C=O) groups is 2. The van der Waals surface area contributed by atoms with Crippen LogP contribution in [0.2, 0.25) is 0 Å². The van der Waals surface area contributed by atoms with Crippen molar-refractivity contribution in [1.29, 1.82) is 0 Å². The summed E-state index contributed by atoms with van der Waals surface area (Å²) in [6.07, 6.45) is 0. The third-order valence-electron chi connectivity index (χ3n) is 1.64. The number of non-ortho nitro benzene ring substituents is 1. The van der Waals surface area contributed by atoms with Crippen molar-refractivity contribution in [3.8, 4) is 0 Å². The predicted octanol–water partition coefficient (Wildman–Crippen LogP) is 1.37. The van der Waals surface area contributed by atoms with Crippen LogP contribution in [0, 0.1) is 10.1 Å². The Labute approximate surface area is 79.5 Å². The highest BCUT2D eigenvalue weighted by Gasteiger charge is 2.14. The molecule has 0 aromatic heterocycles. The van der Waals surface area contributed by atoms with Crippen LogP contribution in [0.3, 0.4) is 0 Å². The molecule has 0 heterocycles. The number of hydrogen-bond acceptors (Lipinski definition) is 4. The van der Waals surface area contributed by atoms with Crippen LogP contribution in [0.5, 0.6) is 0 Å². The van der Waals surface area contributed by atoms with Crippen molar-refractivity contribution < 1.29 is 14.5 Å². The van der Waals surface area contributed by atoms with Gasteiger partial charge in [-0.2, -0.15) is 0 Å². The summed E-state index contributed by atoms with van der Waals surface area (Å²) in [7, 11) is 0. The molecule has 0 radical (unpaired) electrons. The van der Waals surface area contributed by atoms with E-state index in [-0.39, 0.29) is 11.3 Å². The van der Waals surface area contributed by atoms with Crippen LogP contribution in [-0.2, 0) is 4.79 Å². The minimum absolute atomic E-state index is 0.0479. The fourth-order valence-corrected chi connectivity index (χ4v) is 0.964. The smallest absolute Gasteiger partial charge is 0.270 e. The number of nitrogens with zero attached hydrogens (tertiary/aromatic N) is 1. The molecule has 0 aliphatic carbocycles. The predicted molar refractivity (Wildman–Crippen MR) is 48.1 cm³/mol. The largest absolute Gasteiger partial charge is 0.291 e. The van der Waals surface area contributed by atoms with E-state index in [1.54, 1.807) is 0 Å². The van der Waals surface area contributed by atoms with Gasteiger partial charge in [0, 0.05) is 24.6 Å². The maximum absolute atomic E-state index is 11.1. The van der Waals surface area contributed by atoms with Crippen molar-refractivity contribution in [2.45, 2.75) is 6.92 Å². The molecule has 0 atom stereocenters. The second-order valence-corrected chi connectivity index (χ2v) is 2.69. The van der Waals surface area contributed by atoms with E-state index < -0.39 is 16.5 Å². The fraction of sp³-hybridized carbons (Fsp3) is 0.111. The Balaban J connectivity index is 3.12. The second kappa shape index (κ2) is 3.78. The Kier molecular flexibility index (Phi) is 2.71. The molecule has 0 saturated carbocycles. The summed E-state index contributed by atoms with van der Waals surface area (Å²) in [6, 6.07) is 5.09. The Morgan fingerprint density at radius 3 is 2.50 bits per heavy atom. The molecule has 0 spiro atoms. The normalized spacial score (nSPS) is 9.50. The molecule has 5 nitrogen and oxygen atoms in total. The lowest BCUT2D eigenvalue weighted by Crippen LogP contribution is -2.09. The number of rotatable bonds is 3. The highest BCUT2D eigenvalue weighted by atomic mass is 16.6. The standard InChI is InChI=1S/C9H7NO4/c1-6(11)9(12)7-3-2-4-8(5-7)10(13)14/h2-5H,1H3. The Hall–Kier alpha value is -2.04. The van der Waals surface area contributed by atoms with Crippen molar-refractivity contribution in [1.82, 2.24) is 0 Å². The first-order valence-electron chi connectivity index (χ1n) is 3.82. The SMILES string of the molecule is CC(=O)C(=O)c1cccc([N+](=O)[O-])c1. The van der Waals surface area contributed by atoms with Gasteiger partial charge in [-0.3, -0.25) is 19.7 Å². The number of ketones is 2. The third-order valence-corrected chi connectivity index (χ3v) is 1.64. The van der Waals surface area contributed by atoms with Gasteiger partial charge < -0.3 is 0 Å². The zero-order valence-corrected chi connectivity index (χ0v) is 7.39. The molecule has 14 heavy (non-hydrogen) atoms. The highest BCUT2D eigenvalue weighted by Crippen LogP contribution is 2.13. The zero-order valence-electron chi connectivity index (χ0n) is 7.39. The van der Waals surface area contributed by atoms with Crippen molar-refractivity contribution in [3.05, 3.63) is 39.9 Å². The van der Waals surface area contributed by atoms with Gasteiger partial charge >= 0.3 is 0 Å². The highest BCUT2D eigenvalue weighted by molar-refractivity contribution is 6.42. The van der Waals surface area contributed by atoms with Crippen molar-refractivity contribution >= 4 is 17.3 Å². The molecule has 0 aliphatic heterocycles. The molecule has 72 valence electrons. The number of carbonyl (C=O) groups excluding carboxylic acids is 2. The molecule has 1 aromatic rings. The molecule has 5 heteroatoms. The number of nitro benzene ring substituents is 1. The molecule has 0 fully saturated rings. The van der Waals surface area contributed by atoms with Gasteiger partial charge in [0.15, 0.2) is 5.78 Å². The average Bonchev–Trinajstić information content (AvgIpc) is 2.16. The van der Waals surface area contributed by atoms with E-state index >= 15 is 0 Å². The molecule has 1 aromatic carbocycles. The van der Waals surface area contributed by atoms with Crippen LogP contribution in [-0.4, -0.2) is 16.5 Å². The van der Waals surface area contributed by atoms with E-state index in [0.29, 0.717) is 0 Å². The van der Waals surface area contributed by atoms with Gasteiger partial charge in [-0.1, -0.05) is 12.1 Å². The zero-order chi connectivity index (χ0) is 10.7. The van der Waals surface area contributed by atoms with Gasteiger partial charge in [0.25, 0.3) is 5.69 Å². The Morgan fingerprint density at radius 2 is 2.00 bits per heavy atom. The summed E-state index contributed by atoms with van der Waals surface area (Å²) in [5.41, 5.74) is -0.149. The van der Waals surface area contributed by atoms with Crippen LogP contribution in [0.15, 0.2) is 24.3 Å². The minimum Gasteiger partial charge on any atom is -0.291 e. The van der Waals surface area contributed by atoms with E-state index in [1.165, 1.54) is 18.2 Å². The Bertz CT molecular complexity index is 411. The van der Waals surface area contributed by atoms with Crippen LogP contribution >= 0.6 is 0 Å². The number of Topliss-reactive ketones (excluding diaryl/α,β-unsaturated/α-hetero) is 2.